The lowest BCUT2D eigenvalue weighted by molar-refractivity contribution is -0.193. The zero-order valence-electron chi connectivity index (χ0n) is 19.2. The average Bonchev–Trinajstić information content (AvgIpc) is 3.25. The Bertz CT molecular complexity index is 1200. The first-order valence-electron chi connectivity index (χ1n) is 10.9. The van der Waals surface area contributed by atoms with E-state index in [0.29, 0.717) is 5.92 Å². The van der Waals surface area contributed by atoms with Crippen molar-refractivity contribution in [2.24, 2.45) is 0 Å². The Morgan fingerprint density at radius 3 is 2.21 bits per heavy atom. The highest BCUT2D eigenvalue weighted by molar-refractivity contribution is 5.94. The topological polar surface area (TPSA) is 153 Å². The molecular weight excluding hydrogens is 526 g/mol. The van der Waals surface area contributed by atoms with Gasteiger partial charge in [0.15, 0.2) is 0 Å². The molecule has 3 aromatic heterocycles. The van der Waals surface area contributed by atoms with Crippen LogP contribution in [0.2, 0.25) is 0 Å². The van der Waals surface area contributed by atoms with Gasteiger partial charge in [-0.15, -0.1) is 0 Å². The summed E-state index contributed by atoms with van der Waals surface area (Å²) in [5.74, 6) is -3.19. The lowest BCUT2D eigenvalue weighted by Crippen LogP contribution is -2.28. The molecule has 5 heterocycles. The lowest BCUT2D eigenvalue weighted by atomic mass is 9.99. The Balaban J connectivity index is 0.000000239. The molecule has 0 spiro atoms. The van der Waals surface area contributed by atoms with Crippen molar-refractivity contribution in [3.63, 3.8) is 0 Å². The Morgan fingerprint density at radius 1 is 0.974 bits per heavy atom. The predicted octanol–water partition coefficient (Wildman–Crippen LogP) is 4.32. The van der Waals surface area contributed by atoms with Crippen molar-refractivity contribution in [3.05, 3.63) is 42.6 Å². The van der Waals surface area contributed by atoms with Crippen molar-refractivity contribution in [2.45, 2.75) is 31.1 Å². The maximum absolute atomic E-state index is 10.6. The first-order valence-corrected chi connectivity index (χ1v) is 10.9. The molecule has 0 bridgehead atoms. The molecule has 204 valence electrons. The second kappa shape index (κ2) is 11.5. The van der Waals surface area contributed by atoms with Gasteiger partial charge in [-0.05, 0) is 37.6 Å². The Hall–Kier alpha value is -4.21. The monoisotopic (exact) mass is 546 g/mol. The van der Waals surface area contributed by atoms with E-state index in [0.717, 1.165) is 52.9 Å². The van der Waals surface area contributed by atoms with E-state index in [1.807, 2.05) is 24.5 Å². The smallest absolute Gasteiger partial charge is 0.475 e. The number of pyridine rings is 2. The number of hydrogen-bond acceptors (Lipinski definition) is 7. The van der Waals surface area contributed by atoms with E-state index >= 15 is 0 Å². The lowest BCUT2D eigenvalue weighted by Gasteiger charge is -2.20. The van der Waals surface area contributed by atoms with Crippen molar-refractivity contribution in [2.75, 3.05) is 18.4 Å². The summed E-state index contributed by atoms with van der Waals surface area (Å²) in [6, 6.07) is 6.04. The molecule has 1 atom stereocenters. The van der Waals surface area contributed by atoms with E-state index in [2.05, 4.69) is 31.7 Å². The fourth-order valence-corrected chi connectivity index (χ4v) is 3.60. The van der Waals surface area contributed by atoms with Gasteiger partial charge in [0.25, 0.3) is 0 Å². The number of anilines is 2. The summed E-state index contributed by atoms with van der Waals surface area (Å²) in [5, 5.41) is 21.1. The van der Waals surface area contributed by atoms with Crippen molar-refractivity contribution < 1.29 is 46.1 Å². The van der Waals surface area contributed by atoms with Gasteiger partial charge in [0, 0.05) is 36.0 Å². The fraction of sp³-hybridized carbons (Fsp3) is 0.318. The van der Waals surface area contributed by atoms with E-state index in [1.54, 1.807) is 6.20 Å². The number of nitrogens with one attached hydrogen (secondary N) is 3. The molecule has 5 N–H and O–H groups in total. The fourth-order valence-electron chi connectivity index (χ4n) is 3.60. The SMILES string of the molecule is O=C(O)C(F)(F)F.O=C(O)C(F)(F)F.c1cnc2c(c1)-c1nc(C3CCCNC3)[nH]c1-c1ccncc1N2. The van der Waals surface area contributed by atoms with Gasteiger partial charge in [-0.3, -0.25) is 4.98 Å². The molecule has 1 fully saturated rings. The number of imidazole rings is 1. The Kier molecular flexibility index (Phi) is 8.55. The average molecular weight is 546 g/mol. The van der Waals surface area contributed by atoms with Gasteiger partial charge in [-0.1, -0.05) is 0 Å². The van der Waals surface area contributed by atoms with E-state index in [4.69, 9.17) is 24.8 Å². The van der Waals surface area contributed by atoms with Crippen LogP contribution in [0.4, 0.5) is 37.8 Å². The van der Waals surface area contributed by atoms with Gasteiger partial charge in [-0.2, -0.15) is 26.3 Å². The molecule has 2 aliphatic rings. The largest absolute Gasteiger partial charge is 0.490 e. The zero-order valence-corrected chi connectivity index (χ0v) is 19.2. The minimum Gasteiger partial charge on any atom is -0.475 e. The third-order valence-corrected chi connectivity index (χ3v) is 5.30. The molecule has 0 saturated carbocycles. The quantitative estimate of drug-likeness (QED) is 0.220. The van der Waals surface area contributed by atoms with Crippen LogP contribution in [-0.2, 0) is 9.59 Å². The maximum Gasteiger partial charge on any atom is 0.490 e. The number of alkyl halides is 6. The number of H-pyrrole nitrogens is 1. The first kappa shape index (κ1) is 28.4. The molecule has 0 radical (unpaired) electrons. The summed E-state index contributed by atoms with van der Waals surface area (Å²) in [6.45, 7) is 2.08. The Labute approximate surface area is 210 Å². The van der Waals surface area contributed by atoms with Crippen LogP contribution in [0.25, 0.3) is 22.5 Å². The third kappa shape index (κ3) is 6.96. The minimum absolute atomic E-state index is 0.434. The van der Waals surface area contributed by atoms with Crippen molar-refractivity contribution in [1.29, 1.82) is 0 Å². The van der Waals surface area contributed by atoms with Crippen LogP contribution >= 0.6 is 0 Å². The number of aliphatic carboxylic acids is 2. The summed E-state index contributed by atoms with van der Waals surface area (Å²) < 4.78 is 63.5. The minimum atomic E-state index is -5.08. The molecule has 10 nitrogen and oxygen atoms in total. The van der Waals surface area contributed by atoms with E-state index in [1.165, 1.54) is 12.8 Å². The number of aromatic nitrogens is 4. The molecule has 0 aromatic carbocycles. The van der Waals surface area contributed by atoms with Gasteiger partial charge >= 0.3 is 24.3 Å². The molecule has 16 heteroatoms. The van der Waals surface area contributed by atoms with Crippen LogP contribution in [0.15, 0.2) is 36.8 Å². The highest BCUT2D eigenvalue weighted by atomic mass is 19.4. The predicted molar refractivity (Wildman–Crippen MR) is 121 cm³/mol. The number of piperidine rings is 1. The normalized spacial score (nSPS) is 16.0. The second-order valence-electron chi connectivity index (χ2n) is 7.94. The van der Waals surface area contributed by atoms with Gasteiger partial charge in [0.05, 0.1) is 17.6 Å². The van der Waals surface area contributed by atoms with Gasteiger partial charge in [0.1, 0.15) is 17.3 Å². The van der Waals surface area contributed by atoms with Crippen LogP contribution in [0.5, 0.6) is 0 Å². The Morgan fingerprint density at radius 2 is 1.63 bits per heavy atom. The molecule has 38 heavy (non-hydrogen) atoms. The van der Waals surface area contributed by atoms with E-state index in [-0.39, 0.29) is 0 Å². The number of aromatic amines is 1. The second-order valence-corrected chi connectivity index (χ2v) is 7.94. The van der Waals surface area contributed by atoms with Gasteiger partial charge in [0.2, 0.25) is 0 Å². The van der Waals surface area contributed by atoms with Crippen LogP contribution in [0, 0.1) is 0 Å². The number of carboxylic acid groups (broad SMARTS) is 2. The molecule has 3 aromatic rings. The standard InChI is InChI=1S/C18H18N6.2C2HF3O2/c1-3-11(9-19-6-1)17-23-15-12-5-8-20-10-14(12)22-18-13(16(15)24-17)4-2-7-21-18;2*3-2(4,5)1(6)7/h2,4-5,7-8,10-11,19H,1,3,6,9H2,(H,21,22)(H,23,24);2*(H,6,7). The number of fused-ring (bicyclic) bond motifs is 5. The highest BCUT2D eigenvalue weighted by Crippen LogP contribution is 2.42. The number of hydrogen-bond donors (Lipinski definition) is 5. The van der Waals surface area contributed by atoms with Gasteiger partial charge in [-0.25, -0.2) is 19.6 Å². The van der Waals surface area contributed by atoms with Crippen LogP contribution in [0.3, 0.4) is 0 Å². The summed E-state index contributed by atoms with van der Waals surface area (Å²) in [5.41, 5.74) is 5.08. The van der Waals surface area contributed by atoms with Gasteiger partial charge < -0.3 is 25.8 Å². The van der Waals surface area contributed by atoms with Crippen LogP contribution in [-0.4, -0.2) is 67.5 Å². The molecule has 0 amide bonds. The first-order chi connectivity index (χ1) is 17.8. The number of carboxylic acids is 2. The summed E-state index contributed by atoms with van der Waals surface area (Å²) in [4.78, 5) is 35.1. The summed E-state index contributed by atoms with van der Waals surface area (Å²) in [6.07, 6.45) is -2.36. The molecule has 5 rings (SSSR count). The number of nitrogens with zero attached hydrogens (tertiary/aromatic N) is 3. The molecule has 1 saturated heterocycles. The third-order valence-electron chi connectivity index (χ3n) is 5.30. The van der Waals surface area contributed by atoms with Crippen LogP contribution < -0.4 is 10.6 Å². The van der Waals surface area contributed by atoms with Crippen molar-refractivity contribution in [3.8, 4) is 22.5 Å². The molecule has 1 unspecified atom stereocenters. The van der Waals surface area contributed by atoms with E-state index < -0.39 is 24.3 Å². The number of halogens is 6. The zero-order chi connectivity index (χ0) is 28.1. The summed E-state index contributed by atoms with van der Waals surface area (Å²) >= 11 is 0. The molecule has 0 aliphatic carbocycles. The number of rotatable bonds is 1. The van der Waals surface area contributed by atoms with E-state index in [9.17, 15) is 26.3 Å². The highest BCUT2D eigenvalue weighted by Gasteiger charge is 2.39. The number of carbonyl (C=O) groups is 2. The molecular formula is C22H20F6N6O4. The maximum atomic E-state index is 10.6. The van der Waals surface area contributed by atoms with Crippen molar-refractivity contribution in [1.82, 2.24) is 25.3 Å². The van der Waals surface area contributed by atoms with Crippen LogP contribution in [0.1, 0.15) is 24.6 Å². The summed E-state index contributed by atoms with van der Waals surface area (Å²) in [7, 11) is 0. The van der Waals surface area contributed by atoms with Crippen molar-refractivity contribution >= 4 is 23.4 Å². The molecule has 2 aliphatic heterocycles.